The summed E-state index contributed by atoms with van der Waals surface area (Å²) >= 11 is 1.88. The molecule has 6 heteroatoms. The Bertz CT molecular complexity index is 478. The van der Waals surface area contributed by atoms with Crippen molar-refractivity contribution in [2.24, 2.45) is 0 Å². The Morgan fingerprint density at radius 3 is 3.00 bits per heavy atom. The molecule has 1 saturated heterocycles. The van der Waals surface area contributed by atoms with Crippen LogP contribution in [0, 0.1) is 0 Å². The molecule has 2 heterocycles. The van der Waals surface area contributed by atoms with Crippen LogP contribution < -0.4 is 5.32 Å². The van der Waals surface area contributed by atoms with E-state index in [-0.39, 0.29) is 17.2 Å². The Morgan fingerprint density at radius 1 is 1.58 bits per heavy atom. The van der Waals surface area contributed by atoms with Crippen molar-refractivity contribution in [3.8, 4) is 0 Å². The van der Waals surface area contributed by atoms with Gasteiger partial charge in [-0.2, -0.15) is 11.8 Å². The summed E-state index contributed by atoms with van der Waals surface area (Å²) in [5, 5.41) is 11.7. The summed E-state index contributed by atoms with van der Waals surface area (Å²) in [5.74, 6) is -0.0228. The van der Waals surface area contributed by atoms with Gasteiger partial charge in [0.15, 0.2) is 0 Å². The molecule has 5 nitrogen and oxygen atoms in total. The lowest BCUT2D eigenvalue weighted by Gasteiger charge is -2.22. The van der Waals surface area contributed by atoms with Crippen molar-refractivity contribution in [2.75, 3.05) is 12.3 Å². The maximum absolute atomic E-state index is 12.1. The standard InChI is InChI=1S/C13H18N2O3S/c1-13(5-3-7-19-13)9-14-12(18)10-4-2-6-15(10)8-11(16)17/h2,4,6H,3,5,7-9H2,1H3,(H,14,18)(H,16,17). The zero-order chi connectivity index (χ0) is 13.9. The smallest absolute Gasteiger partial charge is 0.323 e. The first-order valence-corrected chi connectivity index (χ1v) is 7.28. The molecule has 0 spiro atoms. The van der Waals surface area contributed by atoms with Crippen LogP contribution in [0.5, 0.6) is 0 Å². The fourth-order valence-corrected chi connectivity index (χ4v) is 3.48. The van der Waals surface area contributed by atoms with E-state index >= 15 is 0 Å². The van der Waals surface area contributed by atoms with E-state index in [4.69, 9.17) is 5.11 Å². The third-order valence-electron chi connectivity index (χ3n) is 3.29. The minimum Gasteiger partial charge on any atom is -0.480 e. The van der Waals surface area contributed by atoms with Gasteiger partial charge in [0.25, 0.3) is 5.91 Å². The van der Waals surface area contributed by atoms with Crippen molar-refractivity contribution in [1.82, 2.24) is 9.88 Å². The fourth-order valence-electron chi connectivity index (χ4n) is 2.24. The highest BCUT2D eigenvalue weighted by Gasteiger charge is 2.30. The van der Waals surface area contributed by atoms with Crippen LogP contribution in [0.2, 0.25) is 0 Å². The van der Waals surface area contributed by atoms with E-state index in [1.54, 1.807) is 18.3 Å². The monoisotopic (exact) mass is 282 g/mol. The second kappa shape index (κ2) is 5.69. The quantitative estimate of drug-likeness (QED) is 0.860. The Morgan fingerprint density at radius 2 is 2.37 bits per heavy atom. The van der Waals surface area contributed by atoms with E-state index in [1.165, 1.54) is 11.0 Å². The number of carbonyl (C=O) groups is 2. The van der Waals surface area contributed by atoms with E-state index in [1.807, 2.05) is 11.8 Å². The highest BCUT2D eigenvalue weighted by atomic mass is 32.2. The predicted molar refractivity (Wildman–Crippen MR) is 74.5 cm³/mol. The summed E-state index contributed by atoms with van der Waals surface area (Å²) in [6, 6.07) is 3.33. The minimum atomic E-state index is -0.955. The third kappa shape index (κ3) is 3.53. The Hall–Kier alpha value is -1.43. The van der Waals surface area contributed by atoms with Crippen LogP contribution in [0.4, 0.5) is 0 Å². The van der Waals surface area contributed by atoms with Gasteiger partial charge >= 0.3 is 5.97 Å². The second-order valence-corrected chi connectivity index (χ2v) is 6.68. The van der Waals surface area contributed by atoms with Crippen molar-refractivity contribution < 1.29 is 14.7 Å². The predicted octanol–water partition coefficient (Wildman–Crippen LogP) is 1.59. The highest BCUT2D eigenvalue weighted by molar-refractivity contribution is 8.00. The van der Waals surface area contributed by atoms with Crippen molar-refractivity contribution >= 4 is 23.6 Å². The molecule has 1 unspecified atom stereocenters. The van der Waals surface area contributed by atoms with Crippen LogP contribution in [0.1, 0.15) is 30.3 Å². The van der Waals surface area contributed by atoms with Crippen LogP contribution in [0.25, 0.3) is 0 Å². The molecule has 19 heavy (non-hydrogen) atoms. The zero-order valence-corrected chi connectivity index (χ0v) is 11.7. The number of amides is 1. The summed E-state index contributed by atoms with van der Waals surface area (Å²) in [6.45, 7) is 2.58. The van der Waals surface area contributed by atoms with Gasteiger partial charge in [-0.05, 0) is 37.7 Å². The van der Waals surface area contributed by atoms with Crippen LogP contribution >= 0.6 is 11.8 Å². The minimum absolute atomic E-state index is 0.111. The molecule has 1 aliphatic heterocycles. The van der Waals surface area contributed by atoms with E-state index in [0.29, 0.717) is 12.2 Å². The number of carboxylic acid groups (broad SMARTS) is 1. The van der Waals surface area contributed by atoms with Crippen molar-refractivity contribution in [1.29, 1.82) is 0 Å². The van der Waals surface area contributed by atoms with E-state index in [2.05, 4.69) is 12.2 Å². The average Bonchev–Trinajstić information content (AvgIpc) is 2.95. The van der Waals surface area contributed by atoms with E-state index < -0.39 is 5.97 Å². The van der Waals surface area contributed by atoms with Gasteiger partial charge in [0.1, 0.15) is 12.2 Å². The molecule has 1 aromatic rings. The van der Waals surface area contributed by atoms with Gasteiger partial charge in [0.05, 0.1) is 0 Å². The van der Waals surface area contributed by atoms with Crippen LogP contribution in [-0.4, -0.2) is 38.6 Å². The maximum Gasteiger partial charge on any atom is 0.323 e. The van der Waals surface area contributed by atoms with Crippen LogP contribution in [0.15, 0.2) is 18.3 Å². The Labute approximate surface area is 116 Å². The number of aromatic nitrogens is 1. The van der Waals surface area contributed by atoms with Gasteiger partial charge in [-0.15, -0.1) is 0 Å². The van der Waals surface area contributed by atoms with E-state index in [0.717, 1.165) is 12.2 Å². The van der Waals surface area contributed by atoms with Gasteiger partial charge in [-0.1, -0.05) is 0 Å². The molecule has 1 fully saturated rings. The van der Waals surface area contributed by atoms with Gasteiger partial charge in [-0.25, -0.2) is 0 Å². The number of rotatable bonds is 5. The lowest BCUT2D eigenvalue weighted by molar-refractivity contribution is -0.137. The van der Waals surface area contributed by atoms with Crippen LogP contribution in [-0.2, 0) is 11.3 Å². The number of aliphatic carboxylic acids is 1. The van der Waals surface area contributed by atoms with Crippen LogP contribution in [0.3, 0.4) is 0 Å². The number of carbonyl (C=O) groups excluding carboxylic acids is 1. The number of thioether (sulfide) groups is 1. The maximum atomic E-state index is 12.1. The highest BCUT2D eigenvalue weighted by Crippen LogP contribution is 2.36. The second-order valence-electron chi connectivity index (χ2n) is 5.00. The van der Waals surface area contributed by atoms with Crippen molar-refractivity contribution in [3.05, 3.63) is 24.0 Å². The molecule has 104 valence electrons. The molecule has 0 bridgehead atoms. The van der Waals surface area contributed by atoms with Gasteiger partial charge in [-0.3, -0.25) is 9.59 Å². The lowest BCUT2D eigenvalue weighted by Crippen LogP contribution is -2.37. The first-order valence-electron chi connectivity index (χ1n) is 6.29. The largest absolute Gasteiger partial charge is 0.480 e. The molecule has 1 aromatic heterocycles. The summed E-state index contributed by atoms with van der Waals surface area (Å²) in [5.41, 5.74) is 0.397. The SMILES string of the molecule is CC1(CNC(=O)c2cccn2CC(=O)O)CCCS1. The molecule has 0 aliphatic carbocycles. The first-order chi connectivity index (χ1) is 9.00. The molecule has 2 N–H and O–H groups in total. The number of hydrogen-bond acceptors (Lipinski definition) is 3. The summed E-state index contributed by atoms with van der Waals surface area (Å²) < 4.78 is 1.56. The molecule has 1 aliphatic rings. The Kier molecular flexibility index (Phi) is 4.19. The Balaban J connectivity index is 1.96. The molecule has 0 radical (unpaired) electrons. The number of nitrogens with zero attached hydrogens (tertiary/aromatic N) is 1. The summed E-state index contributed by atoms with van der Waals surface area (Å²) in [4.78, 5) is 22.8. The lowest BCUT2D eigenvalue weighted by atomic mass is 10.1. The average molecular weight is 282 g/mol. The van der Waals surface area contributed by atoms with Gasteiger partial charge in [0.2, 0.25) is 0 Å². The molecule has 0 saturated carbocycles. The van der Waals surface area contributed by atoms with Gasteiger partial charge < -0.3 is 15.0 Å². The molecule has 0 aromatic carbocycles. The number of nitrogens with one attached hydrogen (secondary N) is 1. The van der Waals surface area contributed by atoms with Crippen molar-refractivity contribution in [2.45, 2.75) is 31.1 Å². The summed E-state index contributed by atoms with van der Waals surface area (Å²) in [6.07, 6.45) is 3.90. The van der Waals surface area contributed by atoms with Crippen molar-refractivity contribution in [3.63, 3.8) is 0 Å². The van der Waals surface area contributed by atoms with Gasteiger partial charge in [0, 0.05) is 17.5 Å². The molecular formula is C13H18N2O3S. The third-order valence-corrected chi connectivity index (χ3v) is 4.83. The normalized spacial score (nSPS) is 22.4. The summed E-state index contributed by atoms with van der Waals surface area (Å²) in [7, 11) is 0. The fraction of sp³-hybridized carbons (Fsp3) is 0.538. The molecule has 2 rings (SSSR count). The molecular weight excluding hydrogens is 264 g/mol. The molecule has 1 amide bonds. The number of carboxylic acids is 1. The first kappa shape index (κ1) is 14.0. The number of hydrogen-bond donors (Lipinski definition) is 2. The zero-order valence-electron chi connectivity index (χ0n) is 10.9. The topological polar surface area (TPSA) is 71.3 Å². The molecule has 1 atom stereocenters. The van der Waals surface area contributed by atoms with E-state index in [9.17, 15) is 9.59 Å².